The lowest BCUT2D eigenvalue weighted by Gasteiger charge is -2.04. The first-order chi connectivity index (χ1) is 11.9. The highest BCUT2D eigenvalue weighted by Gasteiger charge is 2.01. The predicted octanol–water partition coefficient (Wildman–Crippen LogP) is 6.98. The summed E-state index contributed by atoms with van der Waals surface area (Å²) in [6.07, 6.45) is 22.0. The third-order valence-corrected chi connectivity index (χ3v) is 4.80. The van der Waals surface area contributed by atoms with Gasteiger partial charge in [-0.25, -0.2) is 4.98 Å². The second kappa shape index (κ2) is 15.2. The monoisotopic (exact) mass is 328 g/mol. The first-order valence-corrected chi connectivity index (χ1v) is 10.2. The lowest BCUT2D eigenvalue weighted by Crippen LogP contribution is -1.93. The number of nitrogens with zero attached hydrogens (tertiary/aromatic N) is 2. The van der Waals surface area contributed by atoms with Crippen LogP contribution in [0.3, 0.4) is 0 Å². The van der Waals surface area contributed by atoms with E-state index in [1.165, 1.54) is 89.9 Å². The molecule has 0 spiro atoms. The lowest BCUT2D eigenvalue weighted by atomic mass is 10.0. The first-order valence-electron chi connectivity index (χ1n) is 10.2. The molecular formula is C22H36N2. The van der Waals surface area contributed by atoms with Gasteiger partial charge in [-0.15, -0.1) is 0 Å². The van der Waals surface area contributed by atoms with Crippen molar-refractivity contribution in [1.29, 1.82) is 5.26 Å². The van der Waals surface area contributed by atoms with E-state index in [-0.39, 0.29) is 0 Å². The molecular weight excluding hydrogens is 292 g/mol. The molecule has 0 fully saturated rings. The van der Waals surface area contributed by atoms with Crippen molar-refractivity contribution in [1.82, 2.24) is 4.98 Å². The zero-order valence-electron chi connectivity index (χ0n) is 15.7. The fourth-order valence-corrected chi connectivity index (χ4v) is 3.25. The Morgan fingerprint density at radius 3 is 1.79 bits per heavy atom. The molecule has 0 atom stereocenters. The topological polar surface area (TPSA) is 36.7 Å². The van der Waals surface area contributed by atoms with Crippen LogP contribution < -0.4 is 0 Å². The SMILES string of the molecule is CCCCCCCCCCCCCCCCc1cccnc1C#N. The summed E-state index contributed by atoms with van der Waals surface area (Å²) >= 11 is 0. The van der Waals surface area contributed by atoms with Crippen molar-refractivity contribution in [3.05, 3.63) is 29.6 Å². The maximum atomic E-state index is 9.02. The summed E-state index contributed by atoms with van der Waals surface area (Å²) in [7, 11) is 0. The highest BCUT2D eigenvalue weighted by Crippen LogP contribution is 2.14. The fourth-order valence-electron chi connectivity index (χ4n) is 3.25. The van der Waals surface area contributed by atoms with Crippen molar-refractivity contribution in [3.8, 4) is 6.07 Å². The van der Waals surface area contributed by atoms with Crippen LogP contribution in [0.15, 0.2) is 18.3 Å². The number of aromatic nitrogens is 1. The van der Waals surface area contributed by atoms with Crippen LogP contribution in [-0.2, 0) is 6.42 Å². The van der Waals surface area contributed by atoms with E-state index in [4.69, 9.17) is 5.26 Å². The van der Waals surface area contributed by atoms with Gasteiger partial charge in [0.1, 0.15) is 11.8 Å². The number of nitriles is 1. The minimum atomic E-state index is 0.604. The Balaban J connectivity index is 1.85. The average Bonchev–Trinajstić information content (AvgIpc) is 2.62. The minimum absolute atomic E-state index is 0.604. The molecule has 0 saturated heterocycles. The Bertz CT molecular complexity index is 448. The van der Waals surface area contributed by atoms with E-state index in [0.29, 0.717) is 5.69 Å². The molecule has 0 aliphatic rings. The molecule has 1 heterocycles. The zero-order valence-corrected chi connectivity index (χ0v) is 15.7. The average molecular weight is 329 g/mol. The summed E-state index contributed by atoms with van der Waals surface area (Å²) in [4.78, 5) is 4.12. The molecule has 0 amide bonds. The maximum absolute atomic E-state index is 9.02. The van der Waals surface area contributed by atoms with E-state index in [9.17, 15) is 0 Å². The molecule has 0 aliphatic heterocycles. The lowest BCUT2D eigenvalue weighted by molar-refractivity contribution is 0.535. The molecule has 0 radical (unpaired) electrons. The summed E-state index contributed by atoms with van der Waals surface area (Å²) in [6, 6.07) is 6.15. The molecule has 0 aliphatic carbocycles. The molecule has 24 heavy (non-hydrogen) atoms. The van der Waals surface area contributed by atoms with Crippen molar-refractivity contribution < 1.29 is 0 Å². The summed E-state index contributed by atoms with van der Waals surface area (Å²) in [5.74, 6) is 0. The van der Waals surface area contributed by atoms with Crippen molar-refractivity contribution in [3.63, 3.8) is 0 Å². The highest BCUT2D eigenvalue weighted by molar-refractivity contribution is 5.30. The van der Waals surface area contributed by atoms with Gasteiger partial charge < -0.3 is 0 Å². The van der Waals surface area contributed by atoms with Crippen LogP contribution in [-0.4, -0.2) is 4.98 Å². The van der Waals surface area contributed by atoms with Crippen LogP contribution >= 0.6 is 0 Å². The molecule has 134 valence electrons. The van der Waals surface area contributed by atoms with Gasteiger partial charge in [-0.2, -0.15) is 5.26 Å². The van der Waals surface area contributed by atoms with Crippen LogP contribution in [0.5, 0.6) is 0 Å². The van der Waals surface area contributed by atoms with Crippen molar-refractivity contribution in [2.45, 2.75) is 103 Å². The van der Waals surface area contributed by atoms with Gasteiger partial charge in [-0.05, 0) is 24.5 Å². The van der Waals surface area contributed by atoms with Gasteiger partial charge in [-0.1, -0.05) is 96.5 Å². The maximum Gasteiger partial charge on any atom is 0.143 e. The van der Waals surface area contributed by atoms with E-state index in [1.54, 1.807) is 6.20 Å². The predicted molar refractivity (Wildman–Crippen MR) is 103 cm³/mol. The van der Waals surface area contributed by atoms with E-state index in [2.05, 4.69) is 18.0 Å². The first kappa shape index (κ1) is 20.7. The summed E-state index contributed by atoms with van der Waals surface area (Å²) in [5.41, 5.74) is 1.71. The van der Waals surface area contributed by atoms with Crippen molar-refractivity contribution >= 4 is 0 Å². The van der Waals surface area contributed by atoms with Gasteiger partial charge in [-0.3, -0.25) is 0 Å². The Labute approximate surface area is 149 Å². The number of unbranched alkanes of at least 4 members (excludes halogenated alkanes) is 13. The number of hydrogen-bond donors (Lipinski definition) is 0. The summed E-state index contributed by atoms with van der Waals surface area (Å²) < 4.78 is 0. The van der Waals surface area contributed by atoms with Crippen LogP contribution in [0, 0.1) is 11.3 Å². The van der Waals surface area contributed by atoms with E-state index < -0.39 is 0 Å². The number of pyridine rings is 1. The van der Waals surface area contributed by atoms with E-state index in [1.807, 2.05) is 12.1 Å². The van der Waals surface area contributed by atoms with Crippen LogP contribution in [0.1, 0.15) is 108 Å². The zero-order chi connectivity index (χ0) is 17.3. The number of rotatable bonds is 15. The normalized spacial score (nSPS) is 10.7. The Hall–Kier alpha value is -1.36. The summed E-state index contributed by atoms with van der Waals surface area (Å²) in [5, 5.41) is 9.02. The Morgan fingerprint density at radius 2 is 1.29 bits per heavy atom. The largest absolute Gasteiger partial charge is 0.245 e. The molecule has 0 aromatic carbocycles. The molecule has 0 bridgehead atoms. The molecule has 1 rings (SSSR count). The second-order valence-electron chi connectivity index (χ2n) is 6.97. The fraction of sp³-hybridized carbons (Fsp3) is 0.727. The Morgan fingerprint density at radius 1 is 0.792 bits per heavy atom. The second-order valence-corrected chi connectivity index (χ2v) is 6.97. The van der Waals surface area contributed by atoms with E-state index in [0.717, 1.165) is 12.0 Å². The standard InChI is InChI=1S/C22H36N2/c1-2-3-4-5-6-7-8-9-10-11-12-13-14-15-17-21-18-16-19-24-22(21)20-23/h16,18-19H,2-15,17H2,1H3. The third-order valence-electron chi connectivity index (χ3n) is 4.80. The van der Waals surface area contributed by atoms with Gasteiger partial charge in [0.05, 0.1) is 0 Å². The van der Waals surface area contributed by atoms with Crippen molar-refractivity contribution in [2.24, 2.45) is 0 Å². The number of aryl methyl sites for hydroxylation is 1. The van der Waals surface area contributed by atoms with Gasteiger partial charge in [0.2, 0.25) is 0 Å². The quantitative estimate of drug-likeness (QED) is 0.326. The smallest absolute Gasteiger partial charge is 0.143 e. The van der Waals surface area contributed by atoms with Crippen LogP contribution in [0.4, 0.5) is 0 Å². The molecule has 0 unspecified atom stereocenters. The van der Waals surface area contributed by atoms with Gasteiger partial charge in [0.25, 0.3) is 0 Å². The van der Waals surface area contributed by atoms with Gasteiger partial charge in [0, 0.05) is 6.20 Å². The highest BCUT2D eigenvalue weighted by atomic mass is 14.7. The Kier molecular flexibility index (Phi) is 13.1. The molecule has 1 aromatic rings. The van der Waals surface area contributed by atoms with Crippen molar-refractivity contribution in [2.75, 3.05) is 0 Å². The van der Waals surface area contributed by atoms with Gasteiger partial charge in [0.15, 0.2) is 0 Å². The van der Waals surface area contributed by atoms with Crippen LogP contribution in [0.25, 0.3) is 0 Å². The molecule has 0 saturated carbocycles. The van der Waals surface area contributed by atoms with Crippen LogP contribution in [0.2, 0.25) is 0 Å². The molecule has 2 heteroatoms. The molecule has 1 aromatic heterocycles. The molecule has 2 nitrogen and oxygen atoms in total. The third kappa shape index (κ3) is 10.4. The minimum Gasteiger partial charge on any atom is -0.245 e. The van der Waals surface area contributed by atoms with Gasteiger partial charge >= 0.3 is 0 Å². The molecule has 0 N–H and O–H groups in total. The number of hydrogen-bond acceptors (Lipinski definition) is 2. The van der Waals surface area contributed by atoms with E-state index >= 15 is 0 Å². The summed E-state index contributed by atoms with van der Waals surface area (Å²) in [6.45, 7) is 2.28.